The van der Waals surface area contributed by atoms with Gasteiger partial charge in [0.2, 0.25) is 5.91 Å². The number of nitrogens with one attached hydrogen (secondary N) is 1. The lowest BCUT2D eigenvalue weighted by molar-refractivity contribution is -0.151. The van der Waals surface area contributed by atoms with Crippen LogP contribution < -0.4 is 19.7 Å². The third kappa shape index (κ3) is 4.89. The molecule has 1 heterocycles. The normalized spacial score (nSPS) is 15.6. The molecular formula is C22H24N2O6. The van der Waals surface area contributed by atoms with E-state index >= 15 is 0 Å². The summed E-state index contributed by atoms with van der Waals surface area (Å²) in [6, 6.07) is 12.4. The summed E-state index contributed by atoms with van der Waals surface area (Å²) < 4.78 is 15.5. The summed E-state index contributed by atoms with van der Waals surface area (Å²) in [5.74, 6) is -0.808. The number of aryl methyl sites for hydroxylation is 1. The Morgan fingerprint density at radius 2 is 1.77 bits per heavy atom. The Bertz CT molecular complexity index is 941. The first-order valence-corrected chi connectivity index (χ1v) is 9.47. The van der Waals surface area contributed by atoms with Crippen molar-refractivity contribution in [2.45, 2.75) is 13.3 Å². The van der Waals surface area contributed by atoms with E-state index in [4.69, 9.17) is 14.2 Å². The van der Waals surface area contributed by atoms with E-state index in [2.05, 4.69) is 5.32 Å². The minimum absolute atomic E-state index is 0.0595. The molecule has 3 rings (SSSR count). The number of hydrogen-bond donors (Lipinski definition) is 1. The van der Waals surface area contributed by atoms with Crippen LogP contribution in [0.3, 0.4) is 0 Å². The molecule has 0 spiro atoms. The highest BCUT2D eigenvalue weighted by Crippen LogP contribution is 2.30. The zero-order valence-corrected chi connectivity index (χ0v) is 17.1. The highest BCUT2D eigenvalue weighted by molar-refractivity contribution is 6.00. The van der Waals surface area contributed by atoms with Crippen molar-refractivity contribution in [3.63, 3.8) is 0 Å². The van der Waals surface area contributed by atoms with Crippen LogP contribution in [0.1, 0.15) is 12.0 Å². The Hall–Kier alpha value is -3.55. The number of carbonyl (C=O) groups excluding carboxylic acids is 3. The summed E-state index contributed by atoms with van der Waals surface area (Å²) in [5.41, 5.74) is 2.31. The number of hydrogen-bond acceptors (Lipinski definition) is 6. The molecule has 0 unspecified atom stereocenters. The fourth-order valence-corrected chi connectivity index (χ4v) is 3.21. The zero-order chi connectivity index (χ0) is 21.7. The molecule has 1 N–H and O–H groups in total. The summed E-state index contributed by atoms with van der Waals surface area (Å²) >= 11 is 0. The van der Waals surface area contributed by atoms with Crippen molar-refractivity contribution in [1.82, 2.24) is 0 Å². The third-order valence-electron chi connectivity index (χ3n) is 4.82. The van der Waals surface area contributed by atoms with E-state index in [0.29, 0.717) is 17.2 Å². The Morgan fingerprint density at radius 1 is 1.07 bits per heavy atom. The summed E-state index contributed by atoms with van der Waals surface area (Å²) in [7, 11) is 3.01. The highest BCUT2D eigenvalue weighted by Gasteiger charge is 2.36. The maximum Gasteiger partial charge on any atom is 0.311 e. The average Bonchev–Trinajstić information content (AvgIpc) is 3.14. The molecule has 8 heteroatoms. The van der Waals surface area contributed by atoms with E-state index in [9.17, 15) is 14.4 Å². The first-order chi connectivity index (χ1) is 14.4. The van der Waals surface area contributed by atoms with Crippen LogP contribution in [0.15, 0.2) is 42.5 Å². The lowest BCUT2D eigenvalue weighted by Crippen LogP contribution is -2.28. The van der Waals surface area contributed by atoms with Gasteiger partial charge in [-0.1, -0.05) is 17.7 Å². The number of carbonyl (C=O) groups is 3. The van der Waals surface area contributed by atoms with Crippen molar-refractivity contribution in [2.75, 3.05) is 37.6 Å². The predicted octanol–water partition coefficient (Wildman–Crippen LogP) is 2.55. The number of esters is 1. The molecule has 1 atom stereocenters. The largest absolute Gasteiger partial charge is 0.493 e. The minimum atomic E-state index is -0.604. The monoisotopic (exact) mass is 412 g/mol. The number of methoxy groups -OCH3 is 2. The van der Waals surface area contributed by atoms with Gasteiger partial charge >= 0.3 is 5.97 Å². The second-order valence-corrected chi connectivity index (χ2v) is 6.97. The van der Waals surface area contributed by atoms with Gasteiger partial charge in [-0.2, -0.15) is 0 Å². The van der Waals surface area contributed by atoms with Gasteiger partial charge in [-0.05, 0) is 31.2 Å². The van der Waals surface area contributed by atoms with Crippen LogP contribution >= 0.6 is 0 Å². The lowest BCUT2D eigenvalue weighted by Gasteiger charge is -2.16. The standard InChI is InChI=1S/C22H24N2O6/c1-14-4-7-17(8-5-14)24-12-15(10-21(24)26)22(27)30-13-20(25)23-16-6-9-18(28-2)19(11-16)29-3/h4-9,11,15H,10,12-13H2,1-3H3,(H,23,25)/t15-/m1/s1. The molecule has 1 saturated heterocycles. The van der Waals surface area contributed by atoms with Crippen molar-refractivity contribution in [3.05, 3.63) is 48.0 Å². The summed E-state index contributed by atoms with van der Waals surface area (Å²) in [4.78, 5) is 38.3. The number of rotatable bonds is 7. The molecule has 0 aromatic heterocycles. The molecule has 8 nitrogen and oxygen atoms in total. The zero-order valence-electron chi connectivity index (χ0n) is 17.1. The van der Waals surface area contributed by atoms with E-state index < -0.39 is 24.4 Å². The van der Waals surface area contributed by atoms with Gasteiger partial charge < -0.3 is 24.4 Å². The summed E-state index contributed by atoms with van der Waals surface area (Å²) in [6.45, 7) is 1.75. The molecule has 1 fully saturated rings. The molecule has 2 aromatic rings. The smallest absolute Gasteiger partial charge is 0.311 e. The number of amides is 2. The molecule has 1 aliphatic heterocycles. The fourth-order valence-electron chi connectivity index (χ4n) is 3.21. The number of benzene rings is 2. The molecule has 0 saturated carbocycles. The fraction of sp³-hybridized carbons (Fsp3) is 0.318. The van der Waals surface area contributed by atoms with Gasteiger partial charge in [-0.15, -0.1) is 0 Å². The number of anilines is 2. The molecular weight excluding hydrogens is 388 g/mol. The quantitative estimate of drug-likeness (QED) is 0.703. The van der Waals surface area contributed by atoms with Crippen molar-refractivity contribution in [1.29, 1.82) is 0 Å². The Kier molecular flexibility index (Phi) is 6.56. The number of ether oxygens (including phenoxy) is 3. The van der Waals surface area contributed by atoms with Crippen molar-refractivity contribution in [2.24, 2.45) is 5.92 Å². The van der Waals surface area contributed by atoms with E-state index in [-0.39, 0.29) is 18.9 Å². The average molecular weight is 412 g/mol. The van der Waals surface area contributed by atoms with Crippen molar-refractivity contribution < 1.29 is 28.6 Å². The van der Waals surface area contributed by atoms with Crippen LogP contribution in [0.4, 0.5) is 11.4 Å². The molecule has 2 aromatic carbocycles. The van der Waals surface area contributed by atoms with Gasteiger partial charge in [-0.25, -0.2) is 0 Å². The SMILES string of the molecule is COc1ccc(NC(=O)COC(=O)[C@@H]2CC(=O)N(c3ccc(C)cc3)C2)cc1OC. The second-order valence-electron chi connectivity index (χ2n) is 6.97. The minimum Gasteiger partial charge on any atom is -0.493 e. The Morgan fingerprint density at radius 3 is 2.43 bits per heavy atom. The van der Waals surface area contributed by atoms with Gasteiger partial charge in [0.25, 0.3) is 5.91 Å². The maximum atomic E-state index is 12.3. The first kappa shape index (κ1) is 21.2. The van der Waals surface area contributed by atoms with Crippen molar-refractivity contribution in [3.8, 4) is 11.5 Å². The van der Waals surface area contributed by atoms with Gasteiger partial charge in [0.15, 0.2) is 18.1 Å². The molecule has 0 bridgehead atoms. The molecule has 1 aliphatic rings. The van der Waals surface area contributed by atoms with Gasteiger partial charge in [0.1, 0.15) is 0 Å². The molecule has 0 aliphatic carbocycles. The van der Waals surface area contributed by atoms with Gasteiger partial charge in [0, 0.05) is 30.4 Å². The van der Waals surface area contributed by atoms with E-state index in [1.165, 1.54) is 14.2 Å². The maximum absolute atomic E-state index is 12.3. The van der Waals surface area contributed by atoms with Crippen LogP contribution in [0.5, 0.6) is 11.5 Å². The topological polar surface area (TPSA) is 94.2 Å². The molecule has 2 amide bonds. The Balaban J connectivity index is 1.52. The Labute approximate surface area is 174 Å². The van der Waals surface area contributed by atoms with E-state index in [1.54, 1.807) is 23.1 Å². The van der Waals surface area contributed by atoms with Crippen LogP contribution in [0.2, 0.25) is 0 Å². The summed E-state index contributed by atoms with van der Waals surface area (Å²) in [6.07, 6.45) is 0.0595. The van der Waals surface area contributed by atoms with Crippen LogP contribution in [0.25, 0.3) is 0 Å². The molecule has 158 valence electrons. The van der Waals surface area contributed by atoms with Crippen LogP contribution in [0, 0.1) is 12.8 Å². The third-order valence-corrected chi connectivity index (χ3v) is 4.82. The van der Waals surface area contributed by atoms with E-state index in [1.807, 2.05) is 31.2 Å². The van der Waals surface area contributed by atoms with Gasteiger partial charge in [0.05, 0.1) is 20.1 Å². The lowest BCUT2D eigenvalue weighted by atomic mass is 10.1. The van der Waals surface area contributed by atoms with Crippen LogP contribution in [-0.4, -0.2) is 45.2 Å². The predicted molar refractivity (Wildman–Crippen MR) is 111 cm³/mol. The van der Waals surface area contributed by atoms with Crippen molar-refractivity contribution >= 4 is 29.2 Å². The van der Waals surface area contributed by atoms with E-state index in [0.717, 1.165) is 11.3 Å². The molecule has 30 heavy (non-hydrogen) atoms. The first-order valence-electron chi connectivity index (χ1n) is 9.47. The number of nitrogens with zero attached hydrogens (tertiary/aromatic N) is 1. The summed E-state index contributed by atoms with van der Waals surface area (Å²) in [5, 5.41) is 2.63. The van der Waals surface area contributed by atoms with Gasteiger partial charge in [-0.3, -0.25) is 14.4 Å². The molecule has 0 radical (unpaired) electrons. The van der Waals surface area contributed by atoms with Crippen LogP contribution in [-0.2, 0) is 19.1 Å². The second kappa shape index (κ2) is 9.30. The highest BCUT2D eigenvalue weighted by atomic mass is 16.5.